The minimum atomic E-state index is -0.492. The quantitative estimate of drug-likeness (QED) is 0.261. The van der Waals surface area contributed by atoms with E-state index in [2.05, 4.69) is 57.0 Å². The van der Waals surface area contributed by atoms with Crippen molar-refractivity contribution in [1.29, 1.82) is 0 Å². The van der Waals surface area contributed by atoms with Crippen LogP contribution in [0.3, 0.4) is 0 Å². The minimum absolute atomic E-state index is 0.0770. The van der Waals surface area contributed by atoms with Crippen LogP contribution in [0.1, 0.15) is 0 Å². The Morgan fingerprint density at radius 1 is 1.12 bits per heavy atom. The van der Waals surface area contributed by atoms with Crippen LogP contribution in [0.2, 0.25) is 0 Å². The highest BCUT2D eigenvalue weighted by Crippen LogP contribution is 2.40. The molecule has 0 spiro atoms. The Morgan fingerprint density at radius 3 is 2.75 bits per heavy atom. The molecular weight excluding hydrogens is 540 g/mol. The van der Waals surface area contributed by atoms with Crippen LogP contribution in [-0.2, 0) is 11.3 Å². The number of aromatic hydroxyl groups is 1. The molecule has 0 aliphatic heterocycles. The lowest BCUT2D eigenvalue weighted by Gasteiger charge is -2.06. The van der Waals surface area contributed by atoms with Crippen molar-refractivity contribution in [3.63, 3.8) is 0 Å². The van der Waals surface area contributed by atoms with Crippen molar-refractivity contribution >= 4 is 65.4 Å². The number of hydrogen-bond donors (Lipinski definition) is 2. The summed E-state index contributed by atoms with van der Waals surface area (Å²) in [7, 11) is 0. The van der Waals surface area contributed by atoms with Crippen molar-refractivity contribution in [2.24, 2.45) is 10.2 Å². The third-order valence-corrected chi connectivity index (χ3v) is 5.96. The van der Waals surface area contributed by atoms with E-state index in [0.717, 1.165) is 20.0 Å². The second-order valence-electron chi connectivity index (χ2n) is 6.95. The van der Waals surface area contributed by atoms with Gasteiger partial charge in [0.1, 0.15) is 12.2 Å². The zero-order valence-electron chi connectivity index (χ0n) is 16.3. The van der Waals surface area contributed by atoms with E-state index in [1.807, 2.05) is 48.5 Å². The number of azo groups is 1. The highest BCUT2D eigenvalue weighted by atomic mass is 79.9. The lowest BCUT2D eigenvalue weighted by atomic mass is 10.2. The lowest BCUT2D eigenvalue weighted by molar-refractivity contribution is -0.118. The molecule has 2 N–H and O–H groups in total. The summed E-state index contributed by atoms with van der Waals surface area (Å²) in [6.45, 7) is -0.0770. The first kappa shape index (κ1) is 20.5. The monoisotopic (exact) mass is 552 g/mol. The van der Waals surface area contributed by atoms with E-state index in [1.54, 1.807) is 16.8 Å². The molecule has 158 valence electrons. The summed E-state index contributed by atoms with van der Waals surface area (Å²) in [6.07, 6.45) is 1.68. The largest absolute Gasteiger partial charge is 0.493 e. The third kappa shape index (κ3) is 3.71. The number of H-pyrrole nitrogens is 1. The number of rotatable bonds is 4. The lowest BCUT2D eigenvalue weighted by Crippen LogP contribution is -2.09. The SMILES string of the molecule is O=C(Cn1c(-c2ccccn2)nc2ccccc21)N=Nc1c(O)[nH]c2c(Br)cc(Br)cc12. The zero-order valence-corrected chi connectivity index (χ0v) is 19.5. The summed E-state index contributed by atoms with van der Waals surface area (Å²) in [4.78, 5) is 24.6. The smallest absolute Gasteiger partial charge is 0.284 e. The Hall–Kier alpha value is -3.37. The second kappa shape index (κ2) is 8.29. The number of carbonyl (C=O) groups excluding carboxylic acids is 1. The van der Waals surface area contributed by atoms with Crippen LogP contribution in [0.4, 0.5) is 5.69 Å². The maximum Gasteiger partial charge on any atom is 0.284 e. The Labute approximate surface area is 198 Å². The molecule has 0 aliphatic rings. The van der Waals surface area contributed by atoms with Crippen molar-refractivity contribution in [3.05, 3.63) is 69.7 Å². The first-order valence-electron chi connectivity index (χ1n) is 9.52. The van der Waals surface area contributed by atoms with Crippen molar-refractivity contribution in [2.75, 3.05) is 0 Å². The van der Waals surface area contributed by atoms with E-state index in [4.69, 9.17) is 0 Å². The molecule has 5 aromatic rings. The number of fused-ring (bicyclic) bond motifs is 2. The van der Waals surface area contributed by atoms with Gasteiger partial charge >= 0.3 is 0 Å². The second-order valence-corrected chi connectivity index (χ2v) is 8.72. The van der Waals surface area contributed by atoms with Crippen LogP contribution in [-0.4, -0.2) is 30.5 Å². The molecule has 10 heteroatoms. The topological polar surface area (TPSA) is 109 Å². The molecule has 8 nitrogen and oxygen atoms in total. The molecule has 0 saturated heterocycles. The molecule has 0 saturated carbocycles. The van der Waals surface area contributed by atoms with Gasteiger partial charge in [-0.15, -0.1) is 10.2 Å². The number of halogens is 2. The summed E-state index contributed by atoms with van der Waals surface area (Å²) < 4.78 is 3.31. The van der Waals surface area contributed by atoms with Gasteiger partial charge in [-0.25, -0.2) is 4.98 Å². The summed E-state index contributed by atoms with van der Waals surface area (Å²) in [5.74, 6) is -0.0936. The molecule has 3 aromatic heterocycles. The third-order valence-electron chi connectivity index (χ3n) is 4.88. The molecular formula is C22H14Br2N6O2. The van der Waals surface area contributed by atoms with Crippen LogP contribution in [0, 0.1) is 0 Å². The molecule has 0 fully saturated rings. The first-order chi connectivity index (χ1) is 15.5. The number of para-hydroxylation sites is 2. The van der Waals surface area contributed by atoms with Crippen molar-refractivity contribution in [3.8, 4) is 17.4 Å². The summed E-state index contributed by atoms with van der Waals surface area (Å²) in [6, 6.07) is 16.7. The molecule has 5 rings (SSSR count). The molecule has 2 aromatic carbocycles. The van der Waals surface area contributed by atoms with Gasteiger partial charge in [0.15, 0.2) is 11.5 Å². The molecule has 0 unspecified atom stereocenters. The fourth-order valence-electron chi connectivity index (χ4n) is 3.49. The number of nitrogens with zero attached hydrogens (tertiary/aromatic N) is 5. The Morgan fingerprint density at radius 2 is 1.94 bits per heavy atom. The average Bonchev–Trinajstić information content (AvgIpc) is 3.30. The van der Waals surface area contributed by atoms with Gasteiger partial charge < -0.3 is 14.7 Å². The number of hydrogen-bond acceptors (Lipinski definition) is 5. The number of nitrogens with one attached hydrogen (secondary N) is 1. The van der Waals surface area contributed by atoms with Crippen LogP contribution in [0.5, 0.6) is 5.88 Å². The Bertz CT molecular complexity index is 1510. The van der Waals surface area contributed by atoms with E-state index in [1.165, 1.54) is 0 Å². The molecule has 0 atom stereocenters. The molecule has 0 aliphatic carbocycles. The van der Waals surface area contributed by atoms with Crippen LogP contribution < -0.4 is 0 Å². The van der Waals surface area contributed by atoms with E-state index in [9.17, 15) is 9.90 Å². The number of imidazole rings is 1. The number of aromatic amines is 1. The normalized spacial score (nSPS) is 11.7. The first-order valence-corrected chi connectivity index (χ1v) is 11.1. The number of pyridine rings is 1. The van der Waals surface area contributed by atoms with E-state index in [-0.39, 0.29) is 18.1 Å². The fraction of sp³-hybridized carbons (Fsp3) is 0.0455. The van der Waals surface area contributed by atoms with E-state index in [0.29, 0.717) is 22.4 Å². The maximum absolute atomic E-state index is 12.8. The van der Waals surface area contributed by atoms with Gasteiger partial charge in [-0.1, -0.05) is 34.1 Å². The van der Waals surface area contributed by atoms with Gasteiger partial charge in [-0.05, 0) is 52.3 Å². The van der Waals surface area contributed by atoms with Gasteiger partial charge in [0.2, 0.25) is 5.88 Å². The van der Waals surface area contributed by atoms with E-state index >= 15 is 0 Å². The number of carbonyl (C=O) groups is 1. The van der Waals surface area contributed by atoms with Gasteiger partial charge in [0.25, 0.3) is 5.91 Å². The van der Waals surface area contributed by atoms with Gasteiger partial charge in [0, 0.05) is 20.5 Å². The Kier molecular flexibility index (Phi) is 5.32. The standard InChI is InChI=1S/C22H14Br2N6O2/c23-12-9-13-19(14(24)10-12)27-22(32)20(13)29-28-18(31)11-30-17-7-2-1-5-15(17)26-21(30)16-6-3-4-8-25-16/h1-10,27,32H,11H2. The van der Waals surface area contributed by atoms with Crippen LogP contribution >= 0.6 is 31.9 Å². The maximum atomic E-state index is 12.8. The Balaban J connectivity index is 1.51. The zero-order chi connectivity index (χ0) is 22.2. The number of amides is 1. The highest BCUT2D eigenvalue weighted by molar-refractivity contribution is 9.11. The molecule has 3 heterocycles. The van der Waals surface area contributed by atoms with Gasteiger partial charge in [-0.2, -0.15) is 0 Å². The van der Waals surface area contributed by atoms with Gasteiger partial charge in [-0.3, -0.25) is 9.78 Å². The summed E-state index contributed by atoms with van der Waals surface area (Å²) in [5, 5.41) is 18.8. The average molecular weight is 554 g/mol. The summed E-state index contributed by atoms with van der Waals surface area (Å²) in [5.41, 5.74) is 3.04. The number of benzene rings is 2. The highest BCUT2D eigenvalue weighted by Gasteiger charge is 2.17. The van der Waals surface area contributed by atoms with Crippen molar-refractivity contribution < 1.29 is 9.90 Å². The van der Waals surface area contributed by atoms with E-state index < -0.39 is 5.91 Å². The molecule has 0 radical (unpaired) electrons. The van der Waals surface area contributed by atoms with Crippen LogP contribution in [0.25, 0.3) is 33.5 Å². The molecule has 1 amide bonds. The summed E-state index contributed by atoms with van der Waals surface area (Å²) >= 11 is 6.86. The van der Waals surface area contributed by atoms with Gasteiger partial charge in [0.05, 0.1) is 16.6 Å². The molecule has 0 bridgehead atoms. The minimum Gasteiger partial charge on any atom is -0.493 e. The van der Waals surface area contributed by atoms with Crippen LogP contribution in [0.15, 0.2) is 80.0 Å². The van der Waals surface area contributed by atoms with Crippen molar-refractivity contribution in [1.82, 2.24) is 19.5 Å². The molecule has 32 heavy (non-hydrogen) atoms. The number of aromatic nitrogens is 4. The predicted octanol–water partition coefficient (Wildman–Crippen LogP) is 6.12. The van der Waals surface area contributed by atoms with Crippen molar-refractivity contribution in [2.45, 2.75) is 6.54 Å². The predicted molar refractivity (Wildman–Crippen MR) is 128 cm³/mol. The fourth-order valence-corrected chi connectivity index (χ4v) is 4.82.